The predicted molar refractivity (Wildman–Crippen MR) is 526 cm³/mol. The Labute approximate surface area is 832 Å². The van der Waals surface area contributed by atoms with E-state index in [1.54, 1.807) is 164 Å². The smallest absolute Gasteiger partial charge is 0.361 e. The molecule has 0 radical (unpaired) electrons. The minimum atomic E-state index is -4.48. The van der Waals surface area contributed by atoms with Gasteiger partial charge in [-0.2, -0.15) is 13.2 Å². The molecule has 0 fully saturated rings. The van der Waals surface area contributed by atoms with Crippen molar-refractivity contribution < 1.29 is 77.9 Å². The van der Waals surface area contributed by atoms with Gasteiger partial charge in [0.15, 0.2) is 34.7 Å². The number of rotatable bonds is 30. The molecule has 0 N–H and O–H groups in total. The highest BCUT2D eigenvalue weighted by Gasteiger charge is 2.34. The van der Waals surface area contributed by atoms with Crippen LogP contribution in [0.1, 0.15) is 175 Å². The average Bonchev–Trinajstić information content (AvgIpc) is 1.08. The maximum atomic E-state index is 13.7. The zero-order valence-electron chi connectivity index (χ0n) is 77.3. The highest BCUT2D eigenvalue weighted by molar-refractivity contribution is 6.36. The van der Waals surface area contributed by atoms with Gasteiger partial charge in [-0.1, -0.05) is 138 Å². The van der Waals surface area contributed by atoms with Crippen LogP contribution in [-0.2, 0) is 44.7 Å². The molecule has 0 unspecified atom stereocenters. The van der Waals surface area contributed by atoms with Crippen molar-refractivity contribution in [2.24, 2.45) is 0 Å². The van der Waals surface area contributed by atoms with Gasteiger partial charge < -0.3 is 27.1 Å². The zero-order valence-corrected chi connectivity index (χ0v) is 80.3. The van der Waals surface area contributed by atoms with Gasteiger partial charge in [-0.25, -0.2) is 8.78 Å². The van der Waals surface area contributed by atoms with Crippen molar-refractivity contribution in [2.45, 2.75) is 125 Å². The van der Waals surface area contributed by atoms with E-state index in [-0.39, 0.29) is 76.9 Å². The van der Waals surface area contributed by atoms with Gasteiger partial charge in [0.1, 0.15) is 80.4 Å². The van der Waals surface area contributed by atoms with E-state index in [9.17, 15) is 50.7 Å². The molecule has 0 aliphatic heterocycles. The first-order valence-corrected chi connectivity index (χ1v) is 46.0. The highest BCUT2D eigenvalue weighted by Crippen LogP contribution is 2.38. The number of hydrogen-bond donors (Lipinski definition) is 0. The number of carbonyl (C=O) groups excluding carboxylic acids is 6. The fraction of sp³-hybridized carbons (Fsp3) is 0.174. The van der Waals surface area contributed by atoms with Gasteiger partial charge in [0.05, 0.1) is 15.6 Å². The van der Waals surface area contributed by atoms with Gasteiger partial charge >= 0.3 is 6.18 Å². The molecule has 142 heavy (non-hydrogen) atoms. The monoisotopic (exact) mass is 1990 g/mol. The molecule has 720 valence electrons. The number of nitrogens with zero attached hydrogens (tertiary/aromatic N) is 12. The standard InChI is InChI=1S/C19H15F3N2O2.C18H14Cl2N2O2.2C18H15ClN2O2.2C18H15FN2O2/c1-12-6-7-13(11-23-12)18(25)9-8-14-10-17(24-26-14)15-4-2-3-5-16(15)19(20,21)22;1-11-2-3-12(10-21-11)18(23)7-5-14-9-17(22-24-14)15-6-4-13(19)8-16(15)20;1-12-2-3-14(11-20-12)18(22)9-8-16-10-17(21-23-16)13-4-6-15(19)7-5-13;1-12-6-7-13(11-20-12)18(22)9-8-14-10-17(21-23-14)15-4-2-3-5-16(15)19;1-12-2-3-14(11-20-12)18(22)9-8-16-10-17(21-23-16)13-4-6-15(19)7-5-13;1-12-6-7-13(11-20-12)18(22)9-8-14-10-17(21-23-14)15-4-2-3-5-16(15)19/h2-7,10-11H,8-9H2,1H3;2-4,6,8-10H,5,7H2,1H3;4*2-7,10-11H,8-9H2,1H3. The largest absolute Gasteiger partial charge is 0.417 e. The van der Waals surface area contributed by atoms with Crippen LogP contribution in [0, 0.1) is 53.2 Å². The van der Waals surface area contributed by atoms with Crippen LogP contribution in [0.5, 0.6) is 0 Å². The predicted octanol–water partition coefficient (Wildman–Crippen LogP) is 27.1. The topological polar surface area (TPSA) is 336 Å². The lowest BCUT2D eigenvalue weighted by Crippen LogP contribution is -2.06. The molecule has 0 atom stereocenters. The third-order valence-electron chi connectivity index (χ3n) is 21.6. The van der Waals surface area contributed by atoms with Crippen molar-refractivity contribution in [1.82, 2.24) is 60.8 Å². The number of Topliss-reactive ketones (excluding diaryl/α,β-unsaturated/α-hetero) is 6. The second kappa shape index (κ2) is 50.2. The summed E-state index contributed by atoms with van der Waals surface area (Å²) in [7, 11) is 0. The summed E-state index contributed by atoms with van der Waals surface area (Å²) in [6.45, 7) is 11.2. The maximum absolute atomic E-state index is 13.7. The number of carbonyl (C=O) groups is 6. The van der Waals surface area contributed by atoms with Crippen LogP contribution in [-0.4, -0.2) is 95.5 Å². The first kappa shape index (κ1) is 104. The Hall–Kier alpha value is -15.7. The number of aryl methyl sites for hydroxylation is 12. The Bertz CT molecular complexity index is 7020. The molecular formula is C109H89Cl4F5N12O12. The van der Waals surface area contributed by atoms with Crippen LogP contribution >= 0.6 is 46.4 Å². The lowest BCUT2D eigenvalue weighted by Gasteiger charge is -2.10. The third kappa shape index (κ3) is 30.7. The summed E-state index contributed by atoms with van der Waals surface area (Å²) in [6, 6.07) is 69.3. The van der Waals surface area contributed by atoms with Crippen LogP contribution in [0.15, 0.2) is 313 Å². The summed E-state index contributed by atoms with van der Waals surface area (Å²) >= 11 is 24.1. The Balaban J connectivity index is 0.000000143. The molecule has 0 amide bonds. The van der Waals surface area contributed by atoms with E-state index in [0.29, 0.717) is 174 Å². The molecule has 18 rings (SSSR count). The molecule has 0 aliphatic rings. The average molecular weight is 2000 g/mol. The maximum Gasteiger partial charge on any atom is 0.417 e. The van der Waals surface area contributed by atoms with E-state index in [1.165, 1.54) is 48.7 Å². The minimum absolute atomic E-state index is 0.0113. The van der Waals surface area contributed by atoms with Gasteiger partial charge in [0.2, 0.25) is 0 Å². The molecular weight excluding hydrogens is 1910 g/mol. The molecule has 12 heterocycles. The van der Waals surface area contributed by atoms with Crippen molar-refractivity contribution in [3.05, 3.63) is 425 Å². The van der Waals surface area contributed by atoms with E-state index < -0.39 is 11.7 Å². The quantitative estimate of drug-likeness (QED) is 0.0298. The second-order valence-electron chi connectivity index (χ2n) is 32.4. The molecule has 18 aromatic rings. The minimum Gasteiger partial charge on any atom is -0.361 e. The SMILES string of the molecule is Cc1ccc(C(=O)CCc2cc(-c3ccc(Cl)cc3)no2)cn1.Cc1ccc(C(=O)CCc2cc(-c3ccc(Cl)cc3Cl)no2)cn1.Cc1ccc(C(=O)CCc2cc(-c3ccc(F)cc3)no2)cn1.Cc1ccc(C(=O)CCc2cc(-c3ccccc3C(F)(F)F)no2)cn1.Cc1ccc(C(=O)CCc2cc(-c3ccccc3Cl)no2)cn1.Cc1ccc(C(=O)CCc2cc(-c3ccccc3F)no2)cn1. The second-order valence-corrected chi connectivity index (χ2v) is 34.1. The van der Waals surface area contributed by atoms with Crippen LogP contribution < -0.4 is 0 Å². The normalized spacial score (nSPS) is 10.9. The van der Waals surface area contributed by atoms with Crippen LogP contribution in [0.3, 0.4) is 0 Å². The highest BCUT2D eigenvalue weighted by atomic mass is 35.5. The Kier molecular flexibility index (Phi) is 36.7. The summed E-state index contributed by atoms with van der Waals surface area (Å²) in [6.07, 6.45) is 9.36. The zero-order chi connectivity index (χ0) is 101. The van der Waals surface area contributed by atoms with E-state index in [1.807, 2.05) is 108 Å². The summed E-state index contributed by atoms with van der Waals surface area (Å²) in [5.41, 5.74) is 14.7. The summed E-state index contributed by atoms with van der Waals surface area (Å²) in [4.78, 5) is 97.5. The van der Waals surface area contributed by atoms with Crippen LogP contribution in [0.4, 0.5) is 22.0 Å². The number of aromatic nitrogens is 12. The number of halogens is 9. The number of pyridine rings is 6. The van der Waals surface area contributed by atoms with Crippen molar-refractivity contribution in [2.75, 3.05) is 0 Å². The van der Waals surface area contributed by atoms with Gasteiger partial charge in [-0.15, -0.1) is 0 Å². The van der Waals surface area contributed by atoms with Crippen molar-refractivity contribution in [3.8, 4) is 67.5 Å². The number of hydrogen-bond acceptors (Lipinski definition) is 24. The van der Waals surface area contributed by atoms with Crippen molar-refractivity contribution >= 4 is 81.1 Å². The van der Waals surface area contributed by atoms with E-state index in [2.05, 4.69) is 60.8 Å². The van der Waals surface area contributed by atoms with Gasteiger partial charge in [-0.3, -0.25) is 58.7 Å². The molecule has 0 aliphatic carbocycles. The number of ketones is 6. The number of benzene rings is 6. The Morgan fingerprint density at radius 3 is 0.831 bits per heavy atom. The first-order valence-electron chi connectivity index (χ1n) is 44.5. The molecule has 12 aromatic heterocycles. The molecule has 0 spiro atoms. The summed E-state index contributed by atoms with van der Waals surface area (Å²) in [5.74, 6) is 2.83. The molecule has 33 heteroatoms. The molecule has 0 bridgehead atoms. The van der Waals surface area contributed by atoms with E-state index in [4.69, 9.17) is 73.5 Å². The first-order chi connectivity index (χ1) is 68.4. The fourth-order valence-electron chi connectivity index (χ4n) is 13.7. The van der Waals surface area contributed by atoms with Crippen molar-refractivity contribution in [3.63, 3.8) is 0 Å². The Morgan fingerprint density at radius 1 is 0.268 bits per heavy atom. The van der Waals surface area contributed by atoms with Gasteiger partial charge in [0.25, 0.3) is 0 Å². The van der Waals surface area contributed by atoms with Crippen molar-refractivity contribution in [1.29, 1.82) is 0 Å². The Morgan fingerprint density at radius 2 is 0.528 bits per heavy atom. The van der Waals surface area contributed by atoms with Gasteiger partial charge in [-0.05, 0) is 193 Å². The molecule has 0 saturated carbocycles. The van der Waals surface area contributed by atoms with Crippen LogP contribution in [0.2, 0.25) is 20.1 Å². The van der Waals surface area contributed by atoms with Gasteiger partial charge in [0, 0.05) is 262 Å². The number of alkyl halides is 3. The fourth-order valence-corrected chi connectivity index (χ4v) is 14.5. The van der Waals surface area contributed by atoms with Crippen LogP contribution in [0.25, 0.3) is 67.5 Å². The summed E-state index contributed by atoms with van der Waals surface area (Å²) < 4.78 is 97.4. The third-order valence-corrected chi connectivity index (χ3v) is 22.8. The summed E-state index contributed by atoms with van der Waals surface area (Å²) in [5, 5.41) is 26.0. The molecule has 0 saturated heterocycles. The lowest BCUT2D eigenvalue weighted by molar-refractivity contribution is -0.137. The van der Waals surface area contributed by atoms with E-state index in [0.717, 1.165) is 68.2 Å². The van der Waals surface area contributed by atoms with E-state index >= 15 is 0 Å². The molecule has 6 aromatic carbocycles. The molecule has 24 nitrogen and oxygen atoms in total. The lowest BCUT2D eigenvalue weighted by atomic mass is 10.0.